The lowest BCUT2D eigenvalue weighted by Gasteiger charge is -2.34. The van der Waals surface area contributed by atoms with E-state index in [1.807, 2.05) is 4.90 Å². The molecule has 2 aliphatic rings. The molecule has 2 fully saturated rings. The number of carbonyl (C=O) groups excluding carboxylic acids is 1. The van der Waals surface area contributed by atoms with Gasteiger partial charge in [-0.25, -0.2) is 9.18 Å². The highest BCUT2D eigenvalue weighted by molar-refractivity contribution is 5.90. The van der Waals surface area contributed by atoms with Gasteiger partial charge in [0.2, 0.25) is 0 Å². The van der Waals surface area contributed by atoms with Crippen LogP contribution in [0.15, 0.2) is 18.2 Å². The fourth-order valence-electron chi connectivity index (χ4n) is 4.34. The predicted octanol–water partition coefficient (Wildman–Crippen LogP) is 3.79. The van der Waals surface area contributed by atoms with E-state index in [1.54, 1.807) is 12.1 Å². The van der Waals surface area contributed by atoms with E-state index in [1.165, 1.54) is 11.0 Å². The molecule has 7 heteroatoms. The first-order valence-electron chi connectivity index (χ1n) is 10.4. The van der Waals surface area contributed by atoms with E-state index in [4.69, 9.17) is 9.47 Å². The van der Waals surface area contributed by atoms with E-state index in [9.17, 15) is 9.18 Å². The molecule has 3 rings (SSSR count). The van der Waals surface area contributed by atoms with Crippen molar-refractivity contribution in [1.82, 2.24) is 5.32 Å². The fourth-order valence-corrected chi connectivity index (χ4v) is 4.34. The number of benzene rings is 1. The minimum absolute atomic E-state index is 0.0655. The first-order valence-corrected chi connectivity index (χ1v) is 10.4. The minimum atomic E-state index is -0.427. The van der Waals surface area contributed by atoms with Gasteiger partial charge >= 0.3 is 6.09 Å². The molecule has 2 saturated heterocycles. The SMILES string of the molecule is CC(C)(C)CC(C)(C)NCC1CN(c2ccc(N3CCOCC3)c(F)c2)C(=O)O1. The number of anilines is 2. The molecule has 2 heterocycles. The number of carbonyl (C=O) groups is 1. The van der Waals surface area contributed by atoms with Crippen molar-refractivity contribution in [2.24, 2.45) is 5.41 Å². The van der Waals surface area contributed by atoms with Gasteiger partial charge in [0, 0.05) is 25.2 Å². The highest BCUT2D eigenvalue weighted by Crippen LogP contribution is 2.29. The van der Waals surface area contributed by atoms with Gasteiger partial charge in [0.1, 0.15) is 11.9 Å². The summed E-state index contributed by atoms with van der Waals surface area (Å²) in [5.74, 6) is -0.329. The Kier molecular flexibility index (Phi) is 6.39. The van der Waals surface area contributed by atoms with E-state index in [2.05, 4.69) is 39.9 Å². The quantitative estimate of drug-likeness (QED) is 0.778. The van der Waals surface area contributed by atoms with Gasteiger partial charge in [0.25, 0.3) is 0 Å². The van der Waals surface area contributed by atoms with Crippen LogP contribution < -0.4 is 15.1 Å². The molecule has 29 heavy (non-hydrogen) atoms. The first-order chi connectivity index (χ1) is 13.5. The lowest BCUT2D eigenvalue weighted by Crippen LogP contribution is -2.46. The van der Waals surface area contributed by atoms with E-state index >= 15 is 0 Å². The number of cyclic esters (lactones) is 1. The highest BCUT2D eigenvalue weighted by Gasteiger charge is 2.34. The number of rotatable bonds is 6. The Bertz CT molecular complexity index is 727. The Hall–Kier alpha value is -1.86. The first kappa shape index (κ1) is 21.8. The van der Waals surface area contributed by atoms with Gasteiger partial charge < -0.3 is 19.7 Å². The van der Waals surface area contributed by atoms with E-state index < -0.39 is 6.09 Å². The third-order valence-corrected chi connectivity index (χ3v) is 5.25. The maximum absolute atomic E-state index is 14.7. The van der Waals surface area contributed by atoms with Gasteiger partial charge in [-0.1, -0.05) is 20.8 Å². The van der Waals surface area contributed by atoms with Crippen LogP contribution in [-0.2, 0) is 9.47 Å². The van der Waals surface area contributed by atoms with Gasteiger partial charge in [0.15, 0.2) is 0 Å². The molecule has 0 aliphatic carbocycles. The maximum Gasteiger partial charge on any atom is 0.414 e. The third-order valence-electron chi connectivity index (χ3n) is 5.25. The fraction of sp³-hybridized carbons (Fsp3) is 0.682. The molecule has 162 valence electrons. The van der Waals surface area contributed by atoms with E-state index in [0.29, 0.717) is 50.8 Å². The second-order valence-corrected chi connectivity index (χ2v) is 9.85. The summed E-state index contributed by atoms with van der Waals surface area (Å²) in [5.41, 5.74) is 1.21. The molecule has 2 aliphatic heterocycles. The van der Waals surface area contributed by atoms with Crippen LogP contribution in [0.25, 0.3) is 0 Å². The van der Waals surface area contributed by atoms with Crippen LogP contribution >= 0.6 is 0 Å². The van der Waals surface area contributed by atoms with Crippen LogP contribution in [-0.4, -0.2) is 57.1 Å². The minimum Gasteiger partial charge on any atom is -0.443 e. The normalized spacial score (nSPS) is 20.9. The second kappa shape index (κ2) is 8.48. The Morgan fingerprint density at radius 2 is 1.86 bits per heavy atom. The summed E-state index contributed by atoms with van der Waals surface area (Å²) in [4.78, 5) is 15.8. The van der Waals surface area contributed by atoms with Crippen LogP contribution in [0.2, 0.25) is 0 Å². The Labute approximate surface area is 173 Å². The molecule has 0 spiro atoms. The molecule has 0 aromatic heterocycles. The summed E-state index contributed by atoms with van der Waals surface area (Å²) in [6.07, 6.45) is 0.311. The average molecular weight is 408 g/mol. The molecule has 1 atom stereocenters. The summed E-state index contributed by atoms with van der Waals surface area (Å²) in [5, 5.41) is 3.52. The van der Waals surface area contributed by atoms with Crippen LogP contribution in [0, 0.1) is 11.2 Å². The summed E-state index contributed by atoms with van der Waals surface area (Å²) in [7, 11) is 0. The monoisotopic (exact) mass is 407 g/mol. The van der Waals surface area contributed by atoms with Crippen LogP contribution in [0.4, 0.5) is 20.6 Å². The van der Waals surface area contributed by atoms with Crippen molar-refractivity contribution in [3.05, 3.63) is 24.0 Å². The Balaban J connectivity index is 1.61. The molecule has 1 aromatic carbocycles. The van der Waals surface area contributed by atoms with Gasteiger partial charge in [-0.2, -0.15) is 0 Å². The largest absolute Gasteiger partial charge is 0.443 e. The number of nitrogens with one attached hydrogen (secondary N) is 1. The predicted molar refractivity (Wildman–Crippen MR) is 113 cm³/mol. The van der Waals surface area contributed by atoms with Crippen LogP contribution in [0.1, 0.15) is 41.0 Å². The zero-order chi connectivity index (χ0) is 21.2. The molecule has 1 N–H and O–H groups in total. The number of morpholine rings is 1. The summed E-state index contributed by atoms with van der Waals surface area (Å²) < 4.78 is 25.5. The molecular formula is C22H34FN3O3. The third kappa shape index (κ3) is 5.82. The number of ether oxygens (including phenoxy) is 2. The Morgan fingerprint density at radius 1 is 1.17 bits per heavy atom. The zero-order valence-electron chi connectivity index (χ0n) is 18.3. The van der Waals surface area contributed by atoms with Crippen molar-refractivity contribution in [3.63, 3.8) is 0 Å². The van der Waals surface area contributed by atoms with Crippen LogP contribution in [0.5, 0.6) is 0 Å². The van der Waals surface area contributed by atoms with Crippen molar-refractivity contribution in [3.8, 4) is 0 Å². The lowest BCUT2D eigenvalue weighted by molar-refractivity contribution is 0.122. The summed E-state index contributed by atoms with van der Waals surface area (Å²) in [6, 6.07) is 4.95. The standard InChI is InChI=1S/C22H34FN3O3/c1-21(2,3)15-22(4,5)24-13-17-14-26(20(27)29-17)16-6-7-19(18(23)12-16)25-8-10-28-11-9-25/h6-7,12,17,24H,8-11,13-15H2,1-5H3. The van der Waals surface area contributed by atoms with Crippen molar-refractivity contribution < 1.29 is 18.7 Å². The zero-order valence-corrected chi connectivity index (χ0v) is 18.3. The molecule has 1 aromatic rings. The average Bonchev–Trinajstić information content (AvgIpc) is 3.00. The molecule has 0 bridgehead atoms. The van der Waals surface area contributed by atoms with Crippen LogP contribution in [0.3, 0.4) is 0 Å². The molecule has 6 nitrogen and oxygen atoms in total. The number of hydrogen-bond acceptors (Lipinski definition) is 5. The molecule has 0 radical (unpaired) electrons. The molecule has 0 saturated carbocycles. The van der Waals surface area contributed by atoms with Crippen molar-refractivity contribution in [2.45, 2.75) is 52.7 Å². The number of hydrogen-bond donors (Lipinski definition) is 1. The lowest BCUT2D eigenvalue weighted by atomic mass is 9.82. The number of nitrogens with zero attached hydrogens (tertiary/aromatic N) is 2. The van der Waals surface area contributed by atoms with E-state index in [-0.39, 0.29) is 22.9 Å². The number of halogens is 1. The topological polar surface area (TPSA) is 54.0 Å². The van der Waals surface area contributed by atoms with Gasteiger partial charge in [-0.15, -0.1) is 0 Å². The highest BCUT2D eigenvalue weighted by atomic mass is 19.1. The van der Waals surface area contributed by atoms with Gasteiger partial charge in [0.05, 0.1) is 31.1 Å². The molecule has 1 unspecified atom stereocenters. The van der Waals surface area contributed by atoms with Gasteiger partial charge in [-0.3, -0.25) is 4.90 Å². The van der Waals surface area contributed by atoms with E-state index in [0.717, 1.165) is 6.42 Å². The summed E-state index contributed by atoms with van der Waals surface area (Å²) in [6.45, 7) is 14.5. The number of amides is 1. The Morgan fingerprint density at radius 3 is 2.48 bits per heavy atom. The van der Waals surface area contributed by atoms with Gasteiger partial charge in [-0.05, 0) is 43.9 Å². The van der Waals surface area contributed by atoms with Crippen molar-refractivity contribution >= 4 is 17.5 Å². The smallest absolute Gasteiger partial charge is 0.414 e. The van der Waals surface area contributed by atoms with Crippen molar-refractivity contribution in [2.75, 3.05) is 49.2 Å². The molecular weight excluding hydrogens is 373 g/mol. The van der Waals surface area contributed by atoms with Crippen molar-refractivity contribution in [1.29, 1.82) is 0 Å². The maximum atomic E-state index is 14.7. The second-order valence-electron chi connectivity index (χ2n) is 9.85. The summed E-state index contributed by atoms with van der Waals surface area (Å²) >= 11 is 0. The molecule has 1 amide bonds.